The molecule has 3 rings (SSSR count). The Kier molecular flexibility index (Phi) is 9.19. The van der Waals surface area contributed by atoms with Crippen LogP contribution in [-0.2, 0) is 11.2 Å². The van der Waals surface area contributed by atoms with Crippen molar-refractivity contribution < 1.29 is 9.18 Å². The summed E-state index contributed by atoms with van der Waals surface area (Å²) in [5.74, 6) is 0.811. The summed E-state index contributed by atoms with van der Waals surface area (Å²) in [5.41, 5.74) is 1.97. The van der Waals surface area contributed by atoms with E-state index in [4.69, 9.17) is 0 Å². The molecule has 29 heavy (non-hydrogen) atoms. The maximum Gasteiger partial charge on any atom is 0.222 e. The Morgan fingerprint density at radius 2 is 2.14 bits per heavy atom. The molecule has 1 aliphatic rings. The summed E-state index contributed by atoms with van der Waals surface area (Å²) in [5, 5.41) is 7.71. The topological polar surface area (TPSA) is 72.5 Å². The zero-order chi connectivity index (χ0) is 19.9. The Morgan fingerprint density at radius 1 is 1.34 bits per heavy atom. The standard InChI is InChI=1S/C21H30FN5O.HI/c1-3-17(27-12-4-5-20(27)28)9-11-25-21(23-2)24-10-8-15-14-26-19-13-16(22)6-7-18(15)19;/h6-7,13-14,17,26H,3-5,8-12H2,1-2H3,(H2,23,24,25);1H. The van der Waals surface area contributed by atoms with Crippen LogP contribution in [0.4, 0.5) is 4.39 Å². The van der Waals surface area contributed by atoms with E-state index in [0.717, 1.165) is 67.7 Å². The van der Waals surface area contributed by atoms with Gasteiger partial charge in [-0.2, -0.15) is 0 Å². The van der Waals surface area contributed by atoms with Crippen molar-refractivity contribution in [1.29, 1.82) is 0 Å². The molecule has 3 N–H and O–H groups in total. The van der Waals surface area contributed by atoms with Gasteiger partial charge in [-0.1, -0.05) is 6.92 Å². The fraction of sp³-hybridized carbons (Fsp3) is 0.524. The lowest BCUT2D eigenvalue weighted by atomic mass is 10.1. The van der Waals surface area contributed by atoms with E-state index in [1.807, 2.05) is 17.2 Å². The van der Waals surface area contributed by atoms with Crippen LogP contribution in [0.15, 0.2) is 29.4 Å². The summed E-state index contributed by atoms with van der Waals surface area (Å²) in [6.07, 6.45) is 6.30. The van der Waals surface area contributed by atoms with Gasteiger partial charge < -0.3 is 20.5 Å². The molecule has 1 amide bonds. The van der Waals surface area contributed by atoms with Crippen molar-refractivity contribution in [3.63, 3.8) is 0 Å². The van der Waals surface area contributed by atoms with Gasteiger partial charge in [0.1, 0.15) is 5.82 Å². The van der Waals surface area contributed by atoms with Crippen LogP contribution in [0.25, 0.3) is 10.9 Å². The quantitative estimate of drug-likeness (QED) is 0.287. The lowest BCUT2D eigenvalue weighted by Gasteiger charge is -2.27. The summed E-state index contributed by atoms with van der Waals surface area (Å²) in [6.45, 7) is 4.52. The molecular formula is C21H31FIN5O. The fourth-order valence-corrected chi connectivity index (χ4v) is 3.89. The van der Waals surface area contributed by atoms with Gasteiger partial charge >= 0.3 is 0 Å². The molecule has 1 aliphatic heterocycles. The molecule has 1 saturated heterocycles. The van der Waals surface area contributed by atoms with Crippen LogP contribution in [0.3, 0.4) is 0 Å². The average molecular weight is 515 g/mol. The molecule has 1 atom stereocenters. The molecule has 0 saturated carbocycles. The number of carbonyl (C=O) groups excluding carboxylic acids is 1. The highest BCUT2D eigenvalue weighted by Gasteiger charge is 2.26. The van der Waals surface area contributed by atoms with Crippen LogP contribution < -0.4 is 10.6 Å². The number of benzene rings is 1. The Balaban J connectivity index is 0.00000300. The van der Waals surface area contributed by atoms with Gasteiger partial charge in [-0.3, -0.25) is 9.79 Å². The molecule has 1 fully saturated rings. The third-order valence-electron chi connectivity index (χ3n) is 5.43. The van der Waals surface area contributed by atoms with Crippen molar-refractivity contribution in [3.05, 3.63) is 35.8 Å². The largest absolute Gasteiger partial charge is 0.361 e. The molecule has 1 aromatic carbocycles. The normalized spacial score (nSPS) is 15.5. The zero-order valence-electron chi connectivity index (χ0n) is 17.1. The molecule has 160 valence electrons. The summed E-state index contributed by atoms with van der Waals surface area (Å²) >= 11 is 0. The smallest absolute Gasteiger partial charge is 0.222 e. The second kappa shape index (κ2) is 11.4. The number of guanidine groups is 1. The van der Waals surface area contributed by atoms with Crippen molar-refractivity contribution in [2.45, 2.75) is 45.1 Å². The number of rotatable bonds is 8. The maximum atomic E-state index is 13.3. The molecule has 0 aliphatic carbocycles. The van der Waals surface area contributed by atoms with E-state index in [-0.39, 0.29) is 35.7 Å². The number of hydrogen-bond acceptors (Lipinski definition) is 2. The predicted molar refractivity (Wildman–Crippen MR) is 126 cm³/mol. The van der Waals surface area contributed by atoms with Gasteiger partial charge in [-0.05, 0) is 49.4 Å². The number of aromatic amines is 1. The Labute approximate surface area is 188 Å². The van der Waals surface area contributed by atoms with E-state index in [2.05, 4.69) is 27.5 Å². The van der Waals surface area contributed by atoms with Gasteiger partial charge in [-0.15, -0.1) is 24.0 Å². The van der Waals surface area contributed by atoms with E-state index in [0.29, 0.717) is 12.5 Å². The molecule has 1 aromatic heterocycles. The average Bonchev–Trinajstić information content (AvgIpc) is 3.29. The molecule has 1 unspecified atom stereocenters. The van der Waals surface area contributed by atoms with Crippen molar-refractivity contribution in [2.24, 2.45) is 4.99 Å². The number of nitrogens with one attached hydrogen (secondary N) is 3. The first-order valence-electron chi connectivity index (χ1n) is 10.1. The molecule has 2 heterocycles. The minimum Gasteiger partial charge on any atom is -0.361 e. The second-order valence-electron chi connectivity index (χ2n) is 7.22. The number of likely N-dealkylation sites (tertiary alicyclic amines) is 1. The first-order chi connectivity index (χ1) is 13.6. The molecule has 0 radical (unpaired) electrons. The van der Waals surface area contributed by atoms with Crippen molar-refractivity contribution >= 4 is 46.7 Å². The number of aliphatic imine (C=N–C) groups is 1. The third-order valence-corrected chi connectivity index (χ3v) is 5.43. The Hall–Kier alpha value is -1.84. The van der Waals surface area contributed by atoms with Gasteiger partial charge in [0.25, 0.3) is 0 Å². The number of carbonyl (C=O) groups is 1. The Morgan fingerprint density at radius 3 is 2.83 bits per heavy atom. The van der Waals surface area contributed by atoms with Crippen LogP contribution >= 0.6 is 24.0 Å². The number of nitrogens with zero attached hydrogens (tertiary/aromatic N) is 2. The van der Waals surface area contributed by atoms with Crippen molar-refractivity contribution in [2.75, 3.05) is 26.7 Å². The number of aromatic nitrogens is 1. The summed E-state index contributed by atoms with van der Waals surface area (Å²) in [7, 11) is 1.76. The minimum absolute atomic E-state index is 0. The molecule has 2 aromatic rings. The van der Waals surface area contributed by atoms with E-state index >= 15 is 0 Å². The Bertz CT molecular complexity index is 838. The highest BCUT2D eigenvalue weighted by atomic mass is 127. The molecule has 6 nitrogen and oxygen atoms in total. The lowest BCUT2D eigenvalue weighted by molar-refractivity contribution is -0.129. The first kappa shape index (κ1) is 23.4. The van der Waals surface area contributed by atoms with Gasteiger partial charge in [0.2, 0.25) is 5.91 Å². The lowest BCUT2D eigenvalue weighted by Crippen LogP contribution is -2.42. The molecule has 0 spiro atoms. The van der Waals surface area contributed by atoms with Crippen molar-refractivity contribution in [1.82, 2.24) is 20.5 Å². The highest BCUT2D eigenvalue weighted by Crippen LogP contribution is 2.19. The number of hydrogen-bond donors (Lipinski definition) is 3. The van der Waals surface area contributed by atoms with Gasteiger partial charge in [0.15, 0.2) is 5.96 Å². The van der Waals surface area contributed by atoms with Gasteiger partial charge in [0, 0.05) is 56.2 Å². The van der Waals surface area contributed by atoms with Gasteiger partial charge in [-0.25, -0.2) is 4.39 Å². The SMILES string of the molecule is CCC(CCNC(=NC)NCCc1c[nH]c2cc(F)ccc12)N1CCCC1=O.I. The number of amides is 1. The molecule has 0 bridgehead atoms. The van der Waals surface area contributed by atoms with Crippen LogP contribution in [-0.4, -0.2) is 54.5 Å². The third kappa shape index (κ3) is 6.07. The number of H-pyrrole nitrogens is 1. The van der Waals surface area contributed by atoms with Crippen LogP contribution in [0.5, 0.6) is 0 Å². The monoisotopic (exact) mass is 515 g/mol. The van der Waals surface area contributed by atoms with Crippen molar-refractivity contribution in [3.8, 4) is 0 Å². The molecule has 8 heteroatoms. The van der Waals surface area contributed by atoms with Gasteiger partial charge in [0.05, 0.1) is 0 Å². The van der Waals surface area contributed by atoms with E-state index in [1.54, 1.807) is 7.05 Å². The number of halogens is 2. The van der Waals surface area contributed by atoms with Crippen LogP contribution in [0.1, 0.15) is 38.2 Å². The fourth-order valence-electron chi connectivity index (χ4n) is 3.89. The molecular weight excluding hydrogens is 484 g/mol. The van der Waals surface area contributed by atoms with Crippen LogP contribution in [0.2, 0.25) is 0 Å². The summed E-state index contributed by atoms with van der Waals surface area (Å²) < 4.78 is 13.3. The van der Waals surface area contributed by atoms with Crippen LogP contribution in [0, 0.1) is 5.82 Å². The summed E-state index contributed by atoms with van der Waals surface area (Å²) in [4.78, 5) is 21.4. The maximum absolute atomic E-state index is 13.3. The van der Waals surface area contributed by atoms with E-state index in [9.17, 15) is 9.18 Å². The predicted octanol–water partition coefficient (Wildman–Crippen LogP) is 3.42. The number of fused-ring (bicyclic) bond motifs is 1. The van der Waals surface area contributed by atoms with E-state index < -0.39 is 0 Å². The zero-order valence-corrected chi connectivity index (χ0v) is 19.5. The summed E-state index contributed by atoms with van der Waals surface area (Å²) in [6, 6.07) is 5.12. The minimum atomic E-state index is -0.232. The first-order valence-corrected chi connectivity index (χ1v) is 10.1. The van der Waals surface area contributed by atoms with E-state index in [1.165, 1.54) is 12.1 Å². The second-order valence-corrected chi connectivity index (χ2v) is 7.22. The highest BCUT2D eigenvalue weighted by molar-refractivity contribution is 14.0.